The summed E-state index contributed by atoms with van der Waals surface area (Å²) in [6.07, 6.45) is 2.53. The third kappa shape index (κ3) is 5.80. The number of hydrogen-bond acceptors (Lipinski definition) is 8. The van der Waals surface area contributed by atoms with Crippen molar-refractivity contribution in [1.82, 2.24) is 0 Å². The monoisotopic (exact) mass is 382 g/mol. The predicted octanol–water partition coefficient (Wildman–Crippen LogP) is 1.59. The molecule has 0 saturated carbocycles. The fraction of sp³-hybridized carbons (Fsp3) is 0. The number of non-ortho nitro benzene ring substituents is 2. The molecule has 0 fully saturated rings. The highest BCUT2D eigenvalue weighted by atomic mass is 16.6. The molecule has 12 nitrogen and oxygen atoms in total. The molecule has 0 heterocycles. The highest BCUT2D eigenvalue weighted by molar-refractivity contribution is 6.39. The Morgan fingerprint density at radius 2 is 1.18 bits per heavy atom. The number of benzene rings is 2. The van der Waals surface area contributed by atoms with Crippen molar-refractivity contribution in [3.63, 3.8) is 0 Å². The van der Waals surface area contributed by atoms with Gasteiger partial charge in [-0.2, -0.15) is 10.2 Å². The van der Waals surface area contributed by atoms with E-state index in [2.05, 4.69) is 20.4 Å². The first-order valence-corrected chi connectivity index (χ1v) is 7.59. The van der Waals surface area contributed by atoms with E-state index in [9.17, 15) is 20.2 Å². The molecule has 2 aromatic carbocycles. The van der Waals surface area contributed by atoms with Crippen LogP contribution in [0.4, 0.5) is 11.4 Å². The molecule has 0 atom stereocenters. The molecule has 142 valence electrons. The Hall–Kier alpha value is -4.48. The lowest BCUT2D eigenvalue weighted by Crippen LogP contribution is -2.30. The van der Waals surface area contributed by atoms with Gasteiger partial charge in [-0.25, -0.2) is 0 Å². The van der Waals surface area contributed by atoms with Gasteiger partial charge in [0.05, 0.1) is 22.3 Å². The maximum absolute atomic E-state index is 10.7. The summed E-state index contributed by atoms with van der Waals surface area (Å²) in [5, 5.41) is 36.1. The molecule has 2 aromatic rings. The summed E-state index contributed by atoms with van der Waals surface area (Å²) in [7, 11) is 0. The first-order chi connectivity index (χ1) is 13.4. The van der Waals surface area contributed by atoms with Crippen molar-refractivity contribution in [3.05, 3.63) is 79.9 Å². The molecule has 0 unspecified atom stereocenters. The number of nitrogens with two attached hydrogens (primary N) is 2. The molecule has 0 spiro atoms. The van der Waals surface area contributed by atoms with Gasteiger partial charge in [0.2, 0.25) is 0 Å². The van der Waals surface area contributed by atoms with Crippen molar-refractivity contribution in [2.75, 3.05) is 0 Å². The molecule has 0 aliphatic carbocycles. The van der Waals surface area contributed by atoms with E-state index < -0.39 is 9.85 Å². The number of hydrogen-bond donors (Lipinski definition) is 2. The van der Waals surface area contributed by atoms with Crippen LogP contribution in [-0.2, 0) is 0 Å². The number of nitrogens with zero attached hydrogens (tertiary/aromatic N) is 6. The SMILES string of the molecule is NC(=N/N=C\c1cccc([N+](=O)[O-])c1)C(N)=N/N=C/c1cccc([N+](=O)[O-])c1. The van der Waals surface area contributed by atoms with Gasteiger partial charge in [-0.1, -0.05) is 24.3 Å². The second-order valence-corrected chi connectivity index (χ2v) is 5.16. The van der Waals surface area contributed by atoms with Gasteiger partial charge in [0.25, 0.3) is 11.4 Å². The zero-order valence-electron chi connectivity index (χ0n) is 14.2. The molecule has 0 aromatic heterocycles. The smallest absolute Gasteiger partial charge is 0.270 e. The van der Waals surface area contributed by atoms with E-state index in [-0.39, 0.29) is 23.0 Å². The lowest BCUT2D eigenvalue weighted by Gasteiger charge is -1.95. The van der Waals surface area contributed by atoms with Gasteiger partial charge >= 0.3 is 0 Å². The van der Waals surface area contributed by atoms with E-state index >= 15 is 0 Å². The molecule has 0 aliphatic rings. The minimum atomic E-state index is -0.529. The van der Waals surface area contributed by atoms with E-state index in [4.69, 9.17) is 11.5 Å². The van der Waals surface area contributed by atoms with Gasteiger partial charge in [-0.05, 0) is 0 Å². The van der Waals surface area contributed by atoms with Gasteiger partial charge in [-0.15, -0.1) is 10.2 Å². The van der Waals surface area contributed by atoms with Gasteiger partial charge in [0.15, 0.2) is 11.7 Å². The Labute approximate surface area is 157 Å². The van der Waals surface area contributed by atoms with Crippen LogP contribution in [0.15, 0.2) is 68.9 Å². The molecule has 12 heteroatoms. The molecule has 0 aliphatic heterocycles. The fourth-order valence-electron chi connectivity index (χ4n) is 1.86. The Balaban J connectivity index is 2.05. The zero-order chi connectivity index (χ0) is 20.5. The topological polar surface area (TPSA) is 188 Å². The molecular weight excluding hydrogens is 368 g/mol. The third-order valence-corrected chi connectivity index (χ3v) is 3.17. The quantitative estimate of drug-likeness (QED) is 0.330. The van der Waals surface area contributed by atoms with Crippen LogP contribution >= 0.6 is 0 Å². The van der Waals surface area contributed by atoms with E-state index in [1.807, 2.05) is 0 Å². The Bertz CT molecular complexity index is 932. The summed E-state index contributed by atoms with van der Waals surface area (Å²) >= 11 is 0. The van der Waals surface area contributed by atoms with Crippen LogP contribution in [0.2, 0.25) is 0 Å². The van der Waals surface area contributed by atoms with Gasteiger partial charge in [-0.3, -0.25) is 20.2 Å². The largest absolute Gasteiger partial charge is 0.379 e. The molecule has 0 bridgehead atoms. The fourth-order valence-corrected chi connectivity index (χ4v) is 1.86. The highest BCUT2D eigenvalue weighted by Gasteiger charge is 2.05. The van der Waals surface area contributed by atoms with Crippen LogP contribution in [0.25, 0.3) is 0 Å². The Morgan fingerprint density at radius 1 is 0.786 bits per heavy atom. The summed E-state index contributed by atoms with van der Waals surface area (Å²) < 4.78 is 0. The summed E-state index contributed by atoms with van der Waals surface area (Å²) in [6, 6.07) is 11.5. The van der Waals surface area contributed by atoms with Crippen LogP contribution in [0.1, 0.15) is 11.1 Å². The average molecular weight is 382 g/mol. The van der Waals surface area contributed by atoms with Crippen molar-refractivity contribution in [2.45, 2.75) is 0 Å². The first kappa shape index (κ1) is 19.8. The van der Waals surface area contributed by atoms with Crippen LogP contribution in [0.5, 0.6) is 0 Å². The maximum Gasteiger partial charge on any atom is 0.270 e. The minimum Gasteiger partial charge on any atom is -0.379 e. The minimum absolute atomic E-state index is 0.0857. The van der Waals surface area contributed by atoms with Crippen molar-refractivity contribution >= 4 is 35.5 Å². The number of amidine groups is 2. The molecule has 4 N–H and O–H groups in total. The highest BCUT2D eigenvalue weighted by Crippen LogP contribution is 2.12. The normalized spacial score (nSPS) is 12.6. The molecule has 28 heavy (non-hydrogen) atoms. The maximum atomic E-state index is 10.7. The number of nitro groups is 2. The van der Waals surface area contributed by atoms with Gasteiger partial charge < -0.3 is 11.5 Å². The second kappa shape index (κ2) is 9.28. The van der Waals surface area contributed by atoms with Crippen molar-refractivity contribution in [1.29, 1.82) is 0 Å². The van der Waals surface area contributed by atoms with Crippen LogP contribution in [0, 0.1) is 20.2 Å². The van der Waals surface area contributed by atoms with Crippen molar-refractivity contribution < 1.29 is 9.85 Å². The van der Waals surface area contributed by atoms with Crippen molar-refractivity contribution in [3.8, 4) is 0 Å². The molecular formula is C16H14N8O4. The third-order valence-electron chi connectivity index (χ3n) is 3.17. The summed E-state index contributed by atoms with van der Waals surface area (Å²) in [6.45, 7) is 0. The Kier molecular flexibility index (Phi) is 6.58. The van der Waals surface area contributed by atoms with Gasteiger partial charge in [0.1, 0.15) is 0 Å². The summed E-state index contributed by atoms with van der Waals surface area (Å²) in [4.78, 5) is 20.4. The average Bonchev–Trinajstić information content (AvgIpc) is 2.68. The first-order valence-electron chi connectivity index (χ1n) is 7.59. The van der Waals surface area contributed by atoms with E-state index in [1.54, 1.807) is 12.1 Å². The van der Waals surface area contributed by atoms with Crippen molar-refractivity contribution in [2.24, 2.45) is 31.9 Å². The van der Waals surface area contributed by atoms with Gasteiger partial charge in [0, 0.05) is 35.4 Å². The zero-order valence-corrected chi connectivity index (χ0v) is 14.2. The number of rotatable bonds is 6. The van der Waals surface area contributed by atoms with Crippen LogP contribution < -0.4 is 11.5 Å². The molecule has 0 radical (unpaired) electrons. The molecule has 2 rings (SSSR count). The standard InChI is InChI=1S/C16H14N8O4/c17-15(21-19-9-11-3-1-5-13(7-11)23(25)26)16(18)22-20-10-12-4-2-6-14(8-12)24(27)28/h1-10H,(H2,17,21)(H2,18,22)/b19-9-,20-10+. The van der Waals surface area contributed by atoms with E-state index in [1.165, 1.54) is 48.8 Å². The summed E-state index contributed by atoms with van der Waals surface area (Å²) in [5.41, 5.74) is 12.0. The lowest BCUT2D eigenvalue weighted by atomic mass is 10.2. The lowest BCUT2D eigenvalue weighted by molar-refractivity contribution is -0.385. The summed E-state index contributed by atoms with van der Waals surface area (Å²) in [5.74, 6) is -0.448. The number of nitro benzene ring substituents is 2. The molecule has 0 amide bonds. The van der Waals surface area contributed by atoms with Crippen LogP contribution in [0.3, 0.4) is 0 Å². The second-order valence-electron chi connectivity index (χ2n) is 5.16. The van der Waals surface area contributed by atoms with Crippen LogP contribution in [-0.4, -0.2) is 33.9 Å². The van der Waals surface area contributed by atoms with E-state index in [0.29, 0.717) is 11.1 Å². The molecule has 0 saturated heterocycles. The predicted molar refractivity (Wildman–Crippen MR) is 105 cm³/mol. The van der Waals surface area contributed by atoms with E-state index in [0.717, 1.165) is 0 Å². The Morgan fingerprint density at radius 3 is 1.54 bits per heavy atom.